The summed E-state index contributed by atoms with van der Waals surface area (Å²) in [5.74, 6) is 1.37. The second-order valence-corrected chi connectivity index (χ2v) is 8.27. The molecule has 30 heavy (non-hydrogen) atoms. The van der Waals surface area contributed by atoms with E-state index in [4.69, 9.17) is 4.74 Å². The number of aromatic nitrogens is 3. The lowest BCUT2D eigenvalue weighted by Crippen LogP contribution is -2.23. The molecule has 4 rings (SSSR count). The average Bonchev–Trinajstić information content (AvgIpc) is 3.29. The molecule has 0 fully saturated rings. The van der Waals surface area contributed by atoms with Crippen molar-refractivity contribution < 1.29 is 4.74 Å². The molecule has 0 N–H and O–H groups in total. The van der Waals surface area contributed by atoms with Gasteiger partial charge in [-0.15, -0.1) is 5.10 Å². The highest BCUT2D eigenvalue weighted by Gasteiger charge is 2.12. The number of hydrogen-bond donors (Lipinski definition) is 0. The van der Waals surface area contributed by atoms with E-state index in [1.165, 1.54) is 15.9 Å². The number of nitrogens with zero attached hydrogens (tertiary/aromatic N) is 4. The summed E-state index contributed by atoms with van der Waals surface area (Å²) in [5.41, 5.74) is 2.80. The van der Waals surface area contributed by atoms with Crippen molar-refractivity contribution in [1.29, 1.82) is 0 Å². The first kappa shape index (κ1) is 20.1. The summed E-state index contributed by atoms with van der Waals surface area (Å²) in [7, 11) is 4.00. The standard InChI is InChI=1S/C23H24N4O2S/c1-4-5-14-29-19-12-8-17(9-13-19)21-24-23-27(25-21)22(28)20(30-23)15-16-6-10-18(11-7-16)26(2)3/h6-13,15H,4-5,14H2,1-3H3. The minimum absolute atomic E-state index is 0.148. The molecule has 6 nitrogen and oxygen atoms in total. The number of hydrogen-bond acceptors (Lipinski definition) is 6. The molecule has 2 heterocycles. The predicted octanol–water partition coefficient (Wildman–Crippen LogP) is 3.61. The summed E-state index contributed by atoms with van der Waals surface area (Å²) in [5, 5.41) is 4.42. The van der Waals surface area contributed by atoms with E-state index in [-0.39, 0.29) is 5.56 Å². The van der Waals surface area contributed by atoms with Crippen molar-refractivity contribution in [1.82, 2.24) is 14.6 Å². The Kier molecular flexibility index (Phi) is 5.81. The Morgan fingerprint density at radius 3 is 2.47 bits per heavy atom. The SMILES string of the molecule is CCCCOc1ccc(-c2nc3sc(=Cc4ccc(N(C)C)cc4)c(=O)n3n2)cc1. The highest BCUT2D eigenvalue weighted by atomic mass is 32.1. The van der Waals surface area contributed by atoms with Gasteiger partial charge in [-0.05, 0) is 54.5 Å². The molecule has 0 radical (unpaired) electrons. The van der Waals surface area contributed by atoms with E-state index in [1.807, 2.05) is 73.6 Å². The molecular formula is C23H24N4O2S. The number of rotatable bonds is 7. The molecule has 0 aliphatic carbocycles. The topological polar surface area (TPSA) is 59.7 Å². The summed E-state index contributed by atoms with van der Waals surface area (Å²) < 4.78 is 7.69. The third kappa shape index (κ3) is 4.21. The summed E-state index contributed by atoms with van der Waals surface area (Å²) in [6, 6.07) is 15.7. The quantitative estimate of drug-likeness (QED) is 0.428. The second-order valence-electron chi connectivity index (χ2n) is 7.26. The summed E-state index contributed by atoms with van der Waals surface area (Å²) >= 11 is 1.35. The van der Waals surface area contributed by atoms with Crippen LogP contribution in [0.15, 0.2) is 53.3 Å². The minimum atomic E-state index is -0.148. The molecule has 0 amide bonds. The fourth-order valence-corrected chi connectivity index (χ4v) is 3.92. The van der Waals surface area contributed by atoms with Crippen LogP contribution in [-0.2, 0) is 0 Å². The lowest BCUT2D eigenvalue weighted by Gasteiger charge is -2.11. The smallest absolute Gasteiger partial charge is 0.291 e. The lowest BCUT2D eigenvalue weighted by molar-refractivity contribution is 0.309. The van der Waals surface area contributed by atoms with Crippen molar-refractivity contribution in [2.45, 2.75) is 19.8 Å². The predicted molar refractivity (Wildman–Crippen MR) is 123 cm³/mol. The van der Waals surface area contributed by atoms with Crippen LogP contribution < -0.4 is 19.7 Å². The molecule has 154 valence electrons. The highest BCUT2D eigenvalue weighted by molar-refractivity contribution is 7.15. The number of thiazole rings is 1. The van der Waals surface area contributed by atoms with Gasteiger partial charge in [0.15, 0.2) is 5.82 Å². The van der Waals surface area contributed by atoms with Crippen LogP contribution in [0, 0.1) is 0 Å². The maximum absolute atomic E-state index is 12.8. The molecule has 4 aromatic rings. The third-order valence-electron chi connectivity index (χ3n) is 4.77. The molecule has 0 aliphatic heterocycles. The van der Waals surface area contributed by atoms with Gasteiger partial charge < -0.3 is 9.64 Å². The van der Waals surface area contributed by atoms with Crippen LogP contribution >= 0.6 is 11.3 Å². The molecule has 0 unspecified atom stereocenters. The molecule has 0 bridgehead atoms. The van der Waals surface area contributed by atoms with E-state index in [0.717, 1.165) is 35.4 Å². The molecule has 0 atom stereocenters. The Labute approximate surface area is 179 Å². The molecule has 0 saturated heterocycles. The Balaban J connectivity index is 1.58. The van der Waals surface area contributed by atoms with Crippen molar-refractivity contribution in [3.05, 3.63) is 69.0 Å². The zero-order valence-corrected chi connectivity index (χ0v) is 18.1. The first-order valence-electron chi connectivity index (χ1n) is 9.97. The van der Waals surface area contributed by atoms with Crippen LogP contribution in [0.1, 0.15) is 25.3 Å². The maximum atomic E-state index is 12.8. The van der Waals surface area contributed by atoms with Crippen LogP contribution in [0.2, 0.25) is 0 Å². The van der Waals surface area contributed by atoms with E-state index in [9.17, 15) is 4.79 Å². The maximum Gasteiger partial charge on any atom is 0.291 e. The molecular weight excluding hydrogens is 396 g/mol. The fraction of sp³-hybridized carbons (Fsp3) is 0.261. The van der Waals surface area contributed by atoms with Crippen molar-refractivity contribution >= 4 is 28.1 Å². The van der Waals surface area contributed by atoms with Crippen LogP contribution in [0.4, 0.5) is 5.69 Å². The van der Waals surface area contributed by atoms with Crippen molar-refractivity contribution in [2.75, 3.05) is 25.6 Å². The number of anilines is 1. The molecule has 0 aliphatic rings. The summed E-state index contributed by atoms with van der Waals surface area (Å²) in [4.78, 5) is 19.9. The van der Waals surface area contributed by atoms with E-state index < -0.39 is 0 Å². The zero-order chi connectivity index (χ0) is 21.1. The number of unbranched alkanes of at least 4 members (excludes halogenated alkanes) is 1. The largest absolute Gasteiger partial charge is 0.494 e. The number of ether oxygens (including phenoxy) is 1. The van der Waals surface area contributed by atoms with E-state index >= 15 is 0 Å². The highest BCUT2D eigenvalue weighted by Crippen LogP contribution is 2.21. The van der Waals surface area contributed by atoms with Gasteiger partial charge in [-0.1, -0.05) is 36.8 Å². The number of fused-ring (bicyclic) bond motifs is 1. The van der Waals surface area contributed by atoms with E-state index in [1.54, 1.807) is 0 Å². The van der Waals surface area contributed by atoms with Gasteiger partial charge in [0, 0.05) is 25.3 Å². The van der Waals surface area contributed by atoms with Gasteiger partial charge in [0.2, 0.25) is 4.96 Å². The Hall–Kier alpha value is -3.19. The van der Waals surface area contributed by atoms with Crippen LogP contribution in [0.25, 0.3) is 22.4 Å². The first-order chi connectivity index (χ1) is 14.5. The van der Waals surface area contributed by atoms with Gasteiger partial charge in [-0.3, -0.25) is 4.79 Å². The van der Waals surface area contributed by atoms with Crippen molar-refractivity contribution in [3.8, 4) is 17.1 Å². The molecule has 2 aromatic heterocycles. The summed E-state index contributed by atoms with van der Waals surface area (Å²) in [6.45, 7) is 2.85. The van der Waals surface area contributed by atoms with Gasteiger partial charge in [-0.2, -0.15) is 9.50 Å². The summed E-state index contributed by atoms with van der Waals surface area (Å²) in [6.07, 6.45) is 4.02. The third-order valence-corrected chi connectivity index (χ3v) is 5.73. The molecule has 0 spiro atoms. The Morgan fingerprint density at radius 2 is 1.83 bits per heavy atom. The monoisotopic (exact) mass is 420 g/mol. The van der Waals surface area contributed by atoms with Gasteiger partial charge in [0.1, 0.15) is 5.75 Å². The van der Waals surface area contributed by atoms with Crippen LogP contribution in [-0.4, -0.2) is 35.3 Å². The van der Waals surface area contributed by atoms with Gasteiger partial charge >= 0.3 is 0 Å². The first-order valence-corrected chi connectivity index (χ1v) is 10.8. The van der Waals surface area contributed by atoms with E-state index in [0.29, 0.717) is 21.9 Å². The minimum Gasteiger partial charge on any atom is -0.494 e. The molecule has 7 heteroatoms. The fourth-order valence-electron chi connectivity index (χ4n) is 3.01. The van der Waals surface area contributed by atoms with Crippen LogP contribution in [0.3, 0.4) is 0 Å². The average molecular weight is 421 g/mol. The molecule has 2 aromatic carbocycles. The van der Waals surface area contributed by atoms with E-state index in [2.05, 4.69) is 17.0 Å². The van der Waals surface area contributed by atoms with Crippen molar-refractivity contribution in [2.24, 2.45) is 0 Å². The number of benzene rings is 2. The van der Waals surface area contributed by atoms with Gasteiger partial charge in [0.05, 0.1) is 11.1 Å². The lowest BCUT2D eigenvalue weighted by atomic mass is 10.2. The normalized spacial score (nSPS) is 11.9. The van der Waals surface area contributed by atoms with Crippen LogP contribution in [0.5, 0.6) is 5.75 Å². The molecule has 0 saturated carbocycles. The van der Waals surface area contributed by atoms with Gasteiger partial charge in [0.25, 0.3) is 5.56 Å². The Morgan fingerprint density at radius 1 is 1.10 bits per heavy atom. The van der Waals surface area contributed by atoms with Gasteiger partial charge in [-0.25, -0.2) is 0 Å². The zero-order valence-electron chi connectivity index (χ0n) is 17.3. The van der Waals surface area contributed by atoms with Crippen molar-refractivity contribution in [3.63, 3.8) is 0 Å². The second kappa shape index (κ2) is 8.67. The Bertz CT molecular complexity index is 1240.